The van der Waals surface area contributed by atoms with Crippen molar-refractivity contribution in [3.05, 3.63) is 17.6 Å². The number of rotatable bonds is 3. The van der Waals surface area contributed by atoms with Gasteiger partial charge in [-0.3, -0.25) is 4.90 Å². The van der Waals surface area contributed by atoms with Crippen molar-refractivity contribution in [3.8, 4) is 0 Å². The predicted octanol–water partition coefficient (Wildman–Crippen LogP) is 2.41. The minimum absolute atomic E-state index is 0.847. The Morgan fingerprint density at radius 1 is 1.20 bits per heavy atom. The normalized spacial score (nSPS) is 20.7. The number of hydrogen-bond donors (Lipinski definition) is 1. The van der Waals surface area contributed by atoms with Gasteiger partial charge in [0.1, 0.15) is 5.52 Å². The molecule has 2 heterocycles. The van der Waals surface area contributed by atoms with Gasteiger partial charge in [-0.2, -0.15) is 0 Å². The summed E-state index contributed by atoms with van der Waals surface area (Å²) in [4.78, 5) is 9.41. The molecule has 1 aliphatic carbocycles. The molecule has 1 saturated carbocycles. The number of aromatic nitrogens is 1. The third kappa shape index (κ3) is 2.25. The Kier molecular flexibility index (Phi) is 3.04. The summed E-state index contributed by atoms with van der Waals surface area (Å²) < 4.78 is 1.18. The Labute approximate surface area is 123 Å². The summed E-state index contributed by atoms with van der Waals surface area (Å²) in [7, 11) is 0. The number of nitrogens with two attached hydrogens (primary N) is 1. The second-order valence-corrected chi connectivity index (χ2v) is 6.81. The minimum atomic E-state index is 0.847. The number of fused-ring (bicyclic) bond motifs is 1. The molecule has 20 heavy (non-hydrogen) atoms. The van der Waals surface area contributed by atoms with E-state index in [-0.39, 0.29) is 0 Å². The minimum Gasteiger partial charge on any atom is -0.395 e. The van der Waals surface area contributed by atoms with Crippen LogP contribution in [0.4, 0.5) is 11.4 Å². The summed E-state index contributed by atoms with van der Waals surface area (Å²) >= 11 is 1.65. The first kappa shape index (κ1) is 12.4. The van der Waals surface area contributed by atoms with Crippen molar-refractivity contribution in [2.24, 2.45) is 5.92 Å². The number of thiazole rings is 1. The van der Waals surface area contributed by atoms with Gasteiger partial charge in [0.05, 0.1) is 21.6 Å². The van der Waals surface area contributed by atoms with E-state index in [0.717, 1.165) is 49.0 Å². The third-order valence-electron chi connectivity index (χ3n) is 4.44. The molecule has 0 unspecified atom stereocenters. The fourth-order valence-corrected chi connectivity index (χ4v) is 3.75. The molecular weight excluding hydrogens is 268 g/mol. The molecule has 2 aliphatic rings. The lowest BCUT2D eigenvalue weighted by Crippen LogP contribution is -2.47. The van der Waals surface area contributed by atoms with Crippen LogP contribution in [0.3, 0.4) is 0 Å². The third-order valence-corrected chi connectivity index (χ3v) is 5.24. The molecule has 4 nitrogen and oxygen atoms in total. The highest BCUT2D eigenvalue weighted by Crippen LogP contribution is 2.34. The molecule has 0 atom stereocenters. The molecule has 1 aliphatic heterocycles. The van der Waals surface area contributed by atoms with Gasteiger partial charge in [-0.1, -0.05) is 0 Å². The van der Waals surface area contributed by atoms with Crippen molar-refractivity contribution in [2.45, 2.75) is 12.8 Å². The van der Waals surface area contributed by atoms with Gasteiger partial charge in [0, 0.05) is 32.7 Å². The average molecular weight is 288 g/mol. The van der Waals surface area contributed by atoms with Gasteiger partial charge in [0.25, 0.3) is 0 Å². The molecule has 0 bridgehead atoms. The zero-order chi connectivity index (χ0) is 13.5. The number of nitrogen functional groups attached to an aromatic ring is 1. The maximum absolute atomic E-state index is 6.31. The zero-order valence-electron chi connectivity index (χ0n) is 11.6. The second kappa shape index (κ2) is 4.90. The first-order valence-corrected chi connectivity index (χ1v) is 8.28. The van der Waals surface area contributed by atoms with Crippen molar-refractivity contribution >= 4 is 32.9 Å². The smallest absolute Gasteiger partial charge is 0.106 e. The lowest BCUT2D eigenvalue weighted by atomic mass is 10.2. The van der Waals surface area contributed by atoms with Crippen LogP contribution in [0.25, 0.3) is 10.2 Å². The lowest BCUT2D eigenvalue weighted by Gasteiger charge is -2.36. The van der Waals surface area contributed by atoms with Crippen LogP contribution in [-0.2, 0) is 0 Å². The summed E-state index contributed by atoms with van der Waals surface area (Å²) in [6.45, 7) is 5.77. The maximum Gasteiger partial charge on any atom is 0.106 e. The Bertz CT molecular complexity index is 611. The highest BCUT2D eigenvalue weighted by molar-refractivity contribution is 7.16. The summed E-state index contributed by atoms with van der Waals surface area (Å²) in [5, 5.41) is 0. The SMILES string of the molecule is Nc1c(N2CCN(CC3CC3)CC2)ccc2scnc12. The molecule has 0 radical (unpaired) electrons. The first-order chi connectivity index (χ1) is 9.81. The Hall–Kier alpha value is -1.33. The van der Waals surface area contributed by atoms with E-state index < -0.39 is 0 Å². The molecule has 1 aromatic heterocycles. The van der Waals surface area contributed by atoms with Crippen LogP contribution in [0.15, 0.2) is 17.6 Å². The van der Waals surface area contributed by atoms with Gasteiger partial charge >= 0.3 is 0 Å². The van der Waals surface area contributed by atoms with Crippen LogP contribution in [-0.4, -0.2) is 42.6 Å². The predicted molar refractivity (Wildman–Crippen MR) is 85.4 cm³/mol. The molecule has 0 spiro atoms. The maximum atomic E-state index is 6.31. The van der Waals surface area contributed by atoms with Crippen molar-refractivity contribution in [3.63, 3.8) is 0 Å². The van der Waals surface area contributed by atoms with Crippen molar-refractivity contribution in [1.29, 1.82) is 0 Å². The summed E-state index contributed by atoms with van der Waals surface area (Å²) in [5.74, 6) is 0.984. The van der Waals surface area contributed by atoms with Crippen LogP contribution >= 0.6 is 11.3 Å². The van der Waals surface area contributed by atoms with Gasteiger partial charge in [-0.15, -0.1) is 11.3 Å². The monoisotopic (exact) mass is 288 g/mol. The number of benzene rings is 1. The average Bonchev–Trinajstić information content (AvgIpc) is 3.14. The lowest BCUT2D eigenvalue weighted by molar-refractivity contribution is 0.248. The molecule has 2 fully saturated rings. The van der Waals surface area contributed by atoms with E-state index in [1.807, 2.05) is 5.51 Å². The molecule has 5 heteroatoms. The fourth-order valence-electron chi connectivity index (χ4n) is 3.05. The van der Waals surface area contributed by atoms with Crippen LogP contribution in [0, 0.1) is 5.92 Å². The Balaban J connectivity index is 1.50. The highest BCUT2D eigenvalue weighted by Gasteiger charge is 2.27. The summed E-state index contributed by atoms with van der Waals surface area (Å²) in [6.07, 6.45) is 2.88. The molecule has 4 rings (SSSR count). The van der Waals surface area contributed by atoms with Crippen molar-refractivity contribution in [2.75, 3.05) is 43.4 Å². The highest BCUT2D eigenvalue weighted by atomic mass is 32.1. The van der Waals surface area contributed by atoms with E-state index in [4.69, 9.17) is 5.73 Å². The standard InChI is InChI=1S/C15H20N4S/c16-14-12(3-4-13-15(14)17-10-20-13)19-7-5-18(6-8-19)9-11-1-2-11/h3-4,10-11H,1-2,5-9,16H2. The summed E-state index contributed by atoms with van der Waals surface area (Å²) in [6, 6.07) is 4.31. The van der Waals surface area contributed by atoms with Gasteiger partial charge in [0.15, 0.2) is 0 Å². The number of anilines is 2. The molecule has 1 aromatic carbocycles. The van der Waals surface area contributed by atoms with Gasteiger partial charge in [-0.25, -0.2) is 4.98 Å². The van der Waals surface area contributed by atoms with Gasteiger partial charge < -0.3 is 10.6 Å². The number of piperazine rings is 1. The van der Waals surface area contributed by atoms with E-state index in [0.29, 0.717) is 0 Å². The molecular formula is C15H20N4S. The number of hydrogen-bond acceptors (Lipinski definition) is 5. The van der Waals surface area contributed by atoms with Crippen LogP contribution < -0.4 is 10.6 Å². The zero-order valence-corrected chi connectivity index (χ0v) is 12.4. The molecule has 2 aromatic rings. The van der Waals surface area contributed by atoms with Crippen molar-refractivity contribution in [1.82, 2.24) is 9.88 Å². The number of nitrogens with zero attached hydrogens (tertiary/aromatic N) is 3. The van der Waals surface area contributed by atoms with E-state index in [9.17, 15) is 0 Å². The fraction of sp³-hybridized carbons (Fsp3) is 0.533. The largest absolute Gasteiger partial charge is 0.395 e. The molecule has 1 saturated heterocycles. The van der Waals surface area contributed by atoms with Crippen LogP contribution in [0.1, 0.15) is 12.8 Å². The molecule has 0 amide bonds. The quantitative estimate of drug-likeness (QED) is 0.881. The Morgan fingerprint density at radius 3 is 2.75 bits per heavy atom. The topological polar surface area (TPSA) is 45.4 Å². The van der Waals surface area contributed by atoms with E-state index in [1.54, 1.807) is 11.3 Å². The van der Waals surface area contributed by atoms with E-state index in [1.165, 1.54) is 24.1 Å². The molecule has 106 valence electrons. The van der Waals surface area contributed by atoms with Gasteiger partial charge in [0.2, 0.25) is 0 Å². The first-order valence-electron chi connectivity index (χ1n) is 7.40. The Morgan fingerprint density at radius 2 is 2.00 bits per heavy atom. The van der Waals surface area contributed by atoms with E-state index in [2.05, 4.69) is 26.9 Å². The van der Waals surface area contributed by atoms with Crippen molar-refractivity contribution < 1.29 is 0 Å². The van der Waals surface area contributed by atoms with Crippen LogP contribution in [0.2, 0.25) is 0 Å². The molecule has 2 N–H and O–H groups in total. The van der Waals surface area contributed by atoms with E-state index >= 15 is 0 Å². The van der Waals surface area contributed by atoms with Gasteiger partial charge in [-0.05, 0) is 30.9 Å². The second-order valence-electron chi connectivity index (χ2n) is 5.93. The van der Waals surface area contributed by atoms with Crippen LogP contribution in [0.5, 0.6) is 0 Å². The summed E-state index contributed by atoms with van der Waals surface area (Å²) in [5.41, 5.74) is 11.2.